The molecule has 0 saturated heterocycles. The van der Waals surface area contributed by atoms with Gasteiger partial charge in [-0.25, -0.2) is 4.79 Å². The molecule has 2 N–H and O–H groups in total. The maximum absolute atomic E-state index is 10.9. The van der Waals surface area contributed by atoms with Crippen molar-refractivity contribution in [3.05, 3.63) is 28.8 Å². The first-order valence-corrected chi connectivity index (χ1v) is 4.81. The Balaban J connectivity index is 0.00000225. The first-order valence-electron chi connectivity index (χ1n) is 4.81. The van der Waals surface area contributed by atoms with Gasteiger partial charge in [-0.1, -0.05) is 26.8 Å². The summed E-state index contributed by atoms with van der Waals surface area (Å²) in [4.78, 5) is 10.9. The fourth-order valence-corrected chi connectivity index (χ4v) is 1.38. The predicted octanol–water partition coefficient (Wildman–Crippen LogP) is 2.69. The van der Waals surface area contributed by atoms with E-state index in [1.54, 1.807) is 6.92 Å². The first-order chi connectivity index (χ1) is 6.73. The van der Waals surface area contributed by atoms with E-state index in [1.807, 2.05) is 26.8 Å². The van der Waals surface area contributed by atoms with Gasteiger partial charge in [0.05, 0.1) is 0 Å². The zero-order valence-corrected chi connectivity index (χ0v) is 13.1. The summed E-state index contributed by atoms with van der Waals surface area (Å²) in [5, 5.41) is 18.5. The molecule has 4 heteroatoms. The summed E-state index contributed by atoms with van der Waals surface area (Å²) < 4.78 is 0. The van der Waals surface area contributed by atoms with Gasteiger partial charge in [-0.2, -0.15) is 0 Å². The van der Waals surface area contributed by atoms with Crippen molar-refractivity contribution in [2.75, 3.05) is 0 Å². The van der Waals surface area contributed by atoms with Crippen molar-refractivity contribution in [2.24, 2.45) is 0 Å². The predicted molar refractivity (Wildman–Crippen MR) is 58.5 cm³/mol. The van der Waals surface area contributed by atoms with Crippen LogP contribution in [0.2, 0.25) is 0 Å². The average molecular weight is 274 g/mol. The van der Waals surface area contributed by atoms with Gasteiger partial charge in [-0.15, -0.1) is 0 Å². The van der Waals surface area contributed by atoms with Gasteiger partial charge >= 0.3 is 5.97 Å². The molecular weight excluding hydrogens is 258 g/mol. The summed E-state index contributed by atoms with van der Waals surface area (Å²) in [7, 11) is 0. The van der Waals surface area contributed by atoms with Crippen molar-refractivity contribution in [1.29, 1.82) is 0 Å². The number of aryl methyl sites for hydroxylation is 1. The van der Waals surface area contributed by atoms with Crippen LogP contribution in [0, 0.1) is 6.92 Å². The van der Waals surface area contributed by atoms with E-state index in [0.29, 0.717) is 5.56 Å². The van der Waals surface area contributed by atoms with Crippen LogP contribution >= 0.6 is 0 Å². The molecule has 1 aromatic carbocycles. The van der Waals surface area contributed by atoms with Crippen LogP contribution in [0.4, 0.5) is 0 Å². The Morgan fingerprint density at radius 1 is 1.25 bits per heavy atom. The van der Waals surface area contributed by atoms with E-state index in [2.05, 4.69) is 0 Å². The van der Waals surface area contributed by atoms with E-state index in [1.165, 1.54) is 6.07 Å². The van der Waals surface area contributed by atoms with Crippen LogP contribution < -0.4 is 0 Å². The SMILES string of the molecule is Cc1cc(C(C)(C)C)cc(C(=O)O)c1O.[Zn]. The fourth-order valence-electron chi connectivity index (χ4n) is 1.38. The van der Waals surface area contributed by atoms with Crippen molar-refractivity contribution in [3.63, 3.8) is 0 Å². The molecule has 84 valence electrons. The summed E-state index contributed by atoms with van der Waals surface area (Å²) in [5.74, 6) is -1.24. The minimum atomic E-state index is -1.10. The number of hydrogen-bond donors (Lipinski definition) is 2. The normalized spacial score (nSPS) is 10.8. The summed E-state index contributed by atoms with van der Waals surface area (Å²) in [6, 6.07) is 3.35. The van der Waals surface area contributed by atoms with Gasteiger partial charge in [0.25, 0.3) is 0 Å². The van der Waals surface area contributed by atoms with E-state index in [4.69, 9.17) is 5.11 Å². The molecule has 0 unspecified atom stereocenters. The molecular formula is C12H16O3Zn. The second-order valence-corrected chi connectivity index (χ2v) is 4.74. The minimum absolute atomic E-state index is 0. The van der Waals surface area contributed by atoms with Crippen molar-refractivity contribution < 1.29 is 34.5 Å². The number of carbonyl (C=O) groups is 1. The van der Waals surface area contributed by atoms with Gasteiger partial charge in [-0.3, -0.25) is 0 Å². The van der Waals surface area contributed by atoms with E-state index in [0.717, 1.165) is 5.56 Å². The Kier molecular flexibility index (Phi) is 4.69. The van der Waals surface area contributed by atoms with Crippen LogP contribution in [-0.2, 0) is 24.9 Å². The Morgan fingerprint density at radius 3 is 2.12 bits per heavy atom. The Bertz CT molecular complexity index is 405. The van der Waals surface area contributed by atoms with Crippen LogP contribution in [0.1, 0.15) is 42.3 Å². The topological polar surface area (TPSA) is 57.5 Å². The largest absolute Gasteiger partial charge is 0.507 e. The Labute approximate surface area is 108 Å². The number of hydrogen-bond acceptors (Lipinski definition) is 2. The second-order valence-electron chi connectivity index (χ2n) is 4.74. The molecule has 0 atom stereocenters. The molecule has 3 nitrogen and oxygen atoms in total. The van der Waals surface area contributed by atoms with Gasteiger partial charge < -0.3 is 10.2 Å². The van der Waals surface area contributed by atoms with Gasteiger partial charge in [0, 0.05) is 19.5 Å². The number of benzene rings is 1. The molecule has 0 aliphatic carbocycles. The standard InChI is InChI=1S/C12H16O3.Zn/c1-7-5-8(12(2,3)4)6-9(10(7)13)11(14)15;/h5-6,13H,1-4H3,(H,14,15);. The zero-order chi connectivity index (χ0) is 11.8. The van der Waals surface area contributed by atoms with E-state index >= 15 is 0 Å². The number of aromatic carboxylic acids is 1. The van der Waals surface area contributed by atoms with Gasteiger partial charge in [0.15, 0.2) is 0 Å². The van der Waals surface area contributed by atoms with Crippen molar-refractivity contribution in [2.45, 2.75) is 33.1 Å². The third-order valence-electron chi connectivity index (χ3n) is 2.40. The van der Waals surface area contributed by atoms with Crippen molar-refractivity contribution >= 4 is 5.97 Å². The summed E-state index contributed by atoms with van der Waals surface area (Å²) in [6.07, 6.45) is 0. The number of aromatic hydroxyl groups is 1. The third-order valence-corrected chi connectivity index (χ3v) is 2.40. The molecule has 0 saturated carbocycles. The second kappa shape index (κ2) is 4.96. The van der Waals surface area contributed by atoms with E-state index < -0.39 is 5.97 Å². The summed E-state index contributed by atoms with van der Waals surface area (Å²) >= 11 is 0. The first kappa shape index (κ1) is 15.1. The summed E-state index contributed by atoms with van der Waals surface area (Å²) in [5.41, 5.74) is 1.36. The molecule has 0 aromatic heterocycles. The number of rotatable bonds is 1. The Morgan fingerprint density at radius 2 is 1.75 bits per heavy atom. The number of carboxylic acids is 1. The molecule has 1 rings (SSSR count). The van der Waals surface area contributed by atoms with Gasteiger partial charge in [0.2, 0.25) is 0 Å². The van der Waals surface area contributed by atoms with Crippen LogP contribution in [0.3, 0.4) is 0 Å². The smallest absolute Gasteiger partial charge is 0.339 e. The Hall–Kier alpha value is -0.887. The van der Waals surface area contributed by atoms with Gasteiger partial charge in [0.1, 0.15) is 11.3 Å². The van der Waals surface area contributed by atoms with Crippen LogP contribution in [-0.4, -0.2) is 16.2 Å². The van der Waals surface area contributed by atoms with E-state index in [9.17, 15) is 9.90 Å². The fraction of sp³-hybridized carbons (Fsp3) is 0.417. The average Bonchev–Trinajstić information content (AvgIpc) is 2.06. The van der Waals surface area contributed by atoms with Crippen molar-refractivity contribution in [1.82, 2.24) is 0 Å². The molecule has 0 spiro atoms. The molecule has 1 aromatic rings. The molecule has 0 amide bonds. The molecule has 16 heavy (non-hydrogen) atoms. The van der Waals surface area contributed by atoms with Crippen LogP contribution in [0.25, 0.3) is 0 Å². The number of phenols is 1. The molecule has 0 fully saturated rings. The third kappa shape index (κ3) is 3.05. The maximum Gasteiger partial charge on any atom is 0.339 e. The molecule has 0 aliphatic heterocycles. The zero-order valence-electron chi connectivity index (χ0n) is 10.2. The van der Waals surface area contributed by atoms with Crippen molar-refractivity contribution in [3.8, 4) is 5.75 Å². The van der Waals surface area contributed by atoms with E-state index in [-0.39, 0.29) is 36.2 Å². The van der Waals surface area contributed by atoms with Gasteiger partial charge in [-0.05, 0) is 29.5 Å². The van der Waals surface area contributed by atoms with Crippen LogP contribution in [0.5, 0.6) is 5.75 Å². The molecule has 0 heterocycles. The quantitative estimate of drug-likeness (QED) is 0.774. The van der Waals surface area contributed by atoms with Crippen LogP contribution in [0.15, 0.2) is 12.1 Å². The molecule has 0 radical (unpaired) electrons. The molecule has 0 aliphatic rings. The summed E-state index contributed by atoms with van der Waals surface area (Å²) in [6.45, 7) is 7.72. The molecule has 0 bridgehead atoms. The number of carboxylic acid groups (broad SMARTS) is 1. The maximum atomic E-state index is 10.9. The monoisotopic (exact) mass is 272 g/mol. The minimum Gasteiger partial charge on any atom is -0.507 e.